The highest BCUT2D eigenvalue weighted by Crippen LogP contribution is 2.42. The van der Waals surface area contributed by atoms with E-state index in [1.54, 1.807) is 44.3 Å². The van der Waals surface area contributed by atoms with Crippen LogP contribution in [-0.4, -0.2) is 59.5 Å². The summed E-state index contributed by atoms with van der Waals surface area (Å²) in [5.41, 5.74) is 3.08. The Kier molecular flexibility index (Phi) is 7.38. The number of rotatable bonds is 6. The number of thiazole rings is 1. The van der Waals surface area contributed by atoms with Crippen LogP contribution < -0.4 is 9.47 Å². The number of methoxy groups -OCH3 is 2. The van der Waals surface area contributed by atoms with Crippen LogP contribution in [-0.2, 0) is 0 Å². The molecule has 1 saturated heterocycles. The topological polar surface area (TPSA) is 75.1 Å². The molecule has 7 nitrogen and oxygen atoms in total. The highest BCUT2D eigenvalue weighted by atomic mass is 32.1. The van der Waals surface area contributed by atoms with Gasteiger partial charge in [0.2, 0.25) is 0 Å². The molecule has 0 aliphatic carbocycles. The fourth-order valence-electron chi connectivity index (χ4n) is 4.08. The van der Waals surface area contributed by atoms with Crippen molar-refractivity contribution in [3.05, 3.63) is 53.5 Å². The molecule has 8 heteroatoms. The van der Waals surface area contributed by atoms with Gasteiger partial charge in [0, 0.05) is 24.6 Å². The summed E-state index contributed by atoms with van der Waals surface area (Å²) < 4.78 is 10.6. The van der Waals surface area contributed by atoms with Crippen molar-refractivity contribution < 1.29 is 19.5 Å². The van der Waals surface area contributed by atoms with Gasteiger partial charge in [-0.05, 0) is 80.8 Å². The highest BCUT2D eigenvalue weighted by Gasteiger charge is 2.30. The van der Waals surface area contributed by atoms with Crippen LogP contribution in [0.5, 0.6) is 11.5 Å². The molecule has 3 aromatic rings. The van der Waals surface area contributed by atoms with Gasteiger partial charge in [-0.25, -0.2) is 14.8 Å². The lowest BCUT2D eigenvalue weighted by atomic mass is 9.97. The first-order valence-electron chi connectivity index (χ1n) is 11.5. The Hall–Kier alpha value is -3.10. The molecule has 0 saturated carbocycles. The molecule has 0 atom stereocenters. The van der Waals surface area contributed by atoms with E-state index in [1.807, 2.05) is 36.4 Å². The van der Waals surface area contributed by atoms with Crippen LogP contribution in [0.1, 0.15) is 37.6 Å². The zero-order chi connectivity index (χ0) is 24.2. The van der Waals surface area contributed by atoms with Gasteiger partial charge in [-0.3, -0.25) is 5.21 Å². The molecule has 2 aromatic carbocycles. The minimum absolute atomic E-state index is 0.247. The maximum atomic E-state index is 12.5. The summed E-state index contributed by atoms with van der Waals surface area (Å²) in [6.07, 6.45) is 1.63. The third kappa shape index (κ3) is 5.03. The summed E-state index contributed by atoms with van der Waals surface area (Å²) in [5, 5.41) is 11.9. The molecule has 1 N–H and O–H groups in total. The number of aromatic nitrogens is 1. The van der Waals surface area contributed by atoms with E-state index in [4.69, 9.17) is 14.5 Å². The van der Waals surface area contributed by atoms with Crippen LogP contribution in [0.3, 0.4) is 0 Å². The van der Waals surface area contributed by atoms with E-state index in [0.717, 1.165) is 56.1 Å². The largest absolute Gasteiger partial charge is 0.497 e. The van der Waals surface area contributed by atoms with Crippen molar-refractivity contribution in [3.63, 3.8) is 0 Å². The second-order valence-corrected chi connectivity index (χ2v) is 9.70. The molecular weight excluding hydrogens is 450 g/mol. The summed E-state index contributed by atoms with van der Waals surface area (Å²) in [6.45, 7) is 4.79. The van der Waals surface area contributed by atoms with Crippen LogP contribution >= 0.6 is 11.3 Å². The average Bonchev–Trinajstić information content (AvgIpc) is 3.33. The van der Waals surface area contributed by atoms with Crippen LogP contribution in [0.15, 0.2) is 48.5 Å². The first kappa shape index (κ1) is 24.0. The van der Waals surface area contributed by atoms with E-state index in [-0.39, 0.29) is 18.0 Å². The van der Waals surface area contributed by atoms with E-state index in [1.165, 1.54) is 0 Å². The number of ether oxygens (including phenoxy) is 2. The second kappa shape index (κ2) is 10.4. The molecule has 0 radical (unpaired) electrons. The van der Waals surface area contributed by atoms with E-state index < -0.39 is 0 Å². The summed E-state index contributed by atoms with van der Waals surface area (Å²) in [5.74, 6) is 1.89. The number of hydroxylamine groups is 2. The molecule has 0 unspecified atom stereocenters. The van der Waals surface area contributed by atoms with E-state index >= 15 is 0 Å². The Balaban J connectivity index is 1.61. The van der Waals surface area contributed by atoms with Crippen molar-refractivity contribution in [1.29, 1.82) is 0 Å². The van der Waals surface area contributed by atoms with Crippen molar-refractivity contribution >= 4 is 17.4 Å². The molecule has 0 spiro atoms. The number of carbonyl (C=O) groups is 1. The Bertz CT molecular complexity index is 1040. The van der Waals surface area contributed by atoms with Crippen molar-refractivity contribution in [2.45, 2.75) is 38.6 Å². The maximum absolute atomic E-state index is 12.5. The molecule has 180 valence electrons. The summed E-state index contributed by atoms with van der Waals surface area (Å²) in [6, 6.07) is 15.4. The van der Waals surface area contributed by atoms with Gasteiger partial charge in [0.1, 0.15) is 11.5 Å². The van der Waals surface area contributed by atoms with Crippen molar-refractivity contribution in [2.75, 3.05) is 27.3 Å². The van der Waals surface area contributed by atoms with Crippen LogP contribution in [0.4, 0.5) is 4.79 Å². The Morgan fingerprint density at radius 2 is 1.53 bits per heavy atom. The van der Waals surface area contributed by atoms with Crippen molar-refractivity contribution in [2.24, 2.45) is 0 Å². The van der Waals surface area contributed by atoms with Gasteiger partial charge in [-0.15, -0.1) is 11.3 Å². The fraction of sp³-hybridized carbons (Fsp3) is 0.385. The number of carbonyl (C=O) groups excluding carboxylic acids is 1. The number of urea groups is 1. The van der Waals surface area contributed by atoms with Crippen LogP contribution in [0.2, 0.25) is 0 Å². The zero-order valence-electron chi connectivity index (χ0n) is 20.0. The number of hydrogen-bond acceptors (Lipinski definition) is 6. The van der Waals surface area contributed by atoms with Gasteiger partial charge in [0.05, 0.1) is 35.8 Å². The minimum Gasteiger partial charge on any atom is -0.497 e. The predicted octanol–water partition coefficient (Wildman–Crippen LogP) is 5.89. The summed E-state index contributed by atoms with van der Waals surface area (Å²) in [7, 11) is 3.32. The van der Waals surface area contributed by atoms with Gasteiger partial charge in [0.15, 0.2) is 0 Å². The Morgan fingerprint density at radius 1 is 1.00 bits per heavy atom. The van der Waals surface area contributed by atoms with Gasteiger partial charge in [0.25, 0.3) is 0 Å². The van der Waals surface area contributed by atoms with Gasteiger partial charge < -0.3 is 14.4 Å². The molecule has 0 bridgehead atoms. The predicted molar refractivity (Wildman–Crippen MR) is 134 cm³/mol. The highest BCUT2D eigenvalue weighted by molar-refractivity contribution is 7.15. The van der Waals surface area contributed by atoms with Crippen molar-refractivity contribution in [1.82, 2.24) is 14.9 Å². The average molecular weight is 482 g/mol. The Morgan fingerprint density at radius 3 is 2.03 bits per heavy atom. The van der Waals surface area contributed by atoms with Gasteiger partial charge in [-0.2, -0.15) is 0 Å². The summed E-state index contributed by atoms with van der Waals surface area (Å²) >= 11 is 1.71. The quantitative estimate of drug-likeness (QED) is 0.351. The fourth-order valence-corrected chi connectivity index (χ4v) is 5.34. The molecule has 1 aliphatic rings. The standard InChI is InChI=1S/C26H31N3O4S/c1-17(2)29(31)26(30)28-15-13-20(14-16-28)25-27-23(18-5-9-21(32-3)10-6-18)24(34-25)19-7-11-22(33-4)12-8-19/h5-12,17,20,31H,13-16H2,1-4H3. The number of piperidine rings is 1. The number of amides is 2. The molecular formula is C26H31N3O4S. The zero-order valence-corrected chi connectivity index (χ0v) is 20.8. The number of nitrogens with zero attached hydrogens (tertiary/aromatic N) is 3. The molecule has 2 amide bonds. The number of likely N-dealkylation sites (tertiary alicyclic amines) is 1. The minimum atomic E-state index is -0.328. The van der Waals surface area contributed by atoms with E-state index in [9.17, 15) is 10.0 Å². The molecule has 2 heterocycles. The summed E-state index contributed by atoms with van der Waals surface area (Å²) in [4.78, 5) is 20.4. The molecule has 34 heavy (non-hydrogen) atoms. The first-order valence-corrected chi connectivity index (χ1v) is 12.3. The molecule has 1 aliphatic heterocycles. The monoisotopic (exact) mass is 481 g/mol. The molecule has 4 rings (SSSR count). The SMILES string of the molecule is COc1ccc(-c2nc(C3CCN(C(=O)N(O)C(C)C)CC3)sc2-c2ccc(OC)cc2)cc1. The van der Waals surface area contributed by atoms with Crippen LogP contribution in [0, 0.1) is 0 Å². The second-order valence-electron chi connectivity index (χ2n) is 8.67. The lowest BCUT2D eigenvalue weighted by molar-refractivity contribution is -0.0814. The molecule has 1 fully saturated rings. The first-order chi connectivity index (χ1) is 16.4. The van der Waals surface area contributed by atoms with Crippen molar-refractivity contribution in [3.8, 4) is 33.2 Å². The lowest BCUT2D eigenvalue weighted by Crippen LogP contribution is -2.47. The van der Waals surface area contributed by atoms with E-state index in [2.05, 4.69) is 12.1 Å². The van der Waals surface area contributed by atoms with Gasteiger partial charge >= 0.3 is 6.03 Å². The lowest BCUT2D eigenvalue weighted by Gasteiger charge is -2.34. The van der Waals surface area contributed by atoms with Gasteiger partial charge in [-0.1, -0.05) is 0 Å². The third-order valence-corrected chi connectivity index (χ3v) is 7.43. The number of benzene rings is 2. The number of hydrogen-bond donors (Lipinski definition) is 1. The molecule has 1 aromatic heterocycles. The third-order valence-electron chi connectivity index (χ3n) is 6.16. The Labute approximate surface area is 204 Å². The smallest absolute Gasteiger partial charge is 0.343 e. The normalized spacial score (nSPS) is 14.4. The van der Waals surface area contributed by atoms with E-state index in [0.29, 0.717) is 13.1 Å². The maximum Gasteiger partial charge on any atom is 0.343 e. The van der Waals surface area contributed by atoms with Crippen LogP contribution in [0.25, 0.3) is 21.7 Å².